The molecule has 0 aromatic heterocycles. The maximum atomic E-state index is 12.3. The van der Waals surface area contributed by atoms with Crippen LogP contribution in [0.5, 0.6) is 0 Å². The number of hydrogen-bond donors (Lipinski definition) is 2. The predicted octanol–water partition coefficient (Wildman–Crippen LogP) is 2.93. The lowest BCUT2D eigenvalue weighted by molar-refractivity contribution is -0.142. The average Bonchev–Trinajstić information content (AvgIpc) is 2.86. The van der Waals surface area contributed by atoms with Gasteiger partial charge in [-0.3, -0.25) is 9.69 Å². The molecule has 0 radical (unpaired) electrons. The van der Waals surface area contributed by atoms with Gasteiger partial charge in [-0.25, -0.2) is 4.79 Å². The molecule has 1 amide bonds. The fourth-order valence-corrected chi connectivity index (χ4v) is 3.33. The van der Waals surface area contributed by atoms with Crippen molar-refractivity contribution in [2.45, 2.75) is 12.6 Å². The number of hydrogen-bond acceptors (Lipinski definition) is 6. The topological polar surface area (TPSA) is 88.1 Å². The summed E-state index contributed by atoms with van der Waals surface area (Å²) in [6.07, 6.45) is 3.73. The number of aliphatic hydroxyl groups is 1. The zero-order valence-electron chi connectivity index (χ0n) is 19.1. The molecule has 2 aromatic carbocycles. The van der Waals surface area contributed by atoms with E-state index in [2.05, 4.69) is 57.6 Å². The molecule has 0 saturated carbocycles. The smallest absolute Gasteiger partial charge is 0.336 e. The number of amides is 1. The number of ether oxygens (including phenoxy) is 2. The Bertz CT molecular complexity index is 1090. The van der Waals surface area contributed by atoms with Crippen LogP contribution in [0, 0.1) is 11.8 Å². The average molecular weight is 461 g/mol. The molecule has 2 aromatic rings. The van der Waals surface area contributed by atoms with Gasteiger partial charge in [0.2, 0.25) is 0 Å². The van der Waals surface area contributed by atoms with E-state index >= 15 is 0 Å². The van der Waals surface area contributed by atoms with Crippen molar-refractivity contribution in [1.29, 1.82) is 0 Å². The first-order valence-electron chi connectivity index (χ1n) is 10.9. The Labute approximate surface area is 199 Å². The monoisotopic (exact) mass is 460 g/mol. The Morgan fingerprint density at radius 3 is 2.47 bits per heavy atom. The number of nitrogens with one attached hydrogen (secondary N) is 1. The summed E-state index contributed by atoms with van der Waals surface area (Å²) in [7, 11) is 1.16. The highest BCUT2D eigenvalue weighted by Gasteiger charge is 2.24. The van der Waals surface area contributed by atoms with Gasteiger partial charge in [-0.05, 0) is 47.5 Å². The van der Waals surface area contributed by atoms with E-state index in [-0.39, 0.29) is 0 Å². The fourth-order valence-electron chi connectivity index (χ4n) is 3.33. The number of carbonyl (C=O) groups excluding carboxylic acids is 2. The van der Waals surface area contributed by atoms with Crippen molar-refractivity contribution in [2.24, 2.45) is 0 Å². The third-order valence-electron chi connectivity index (χ3n) is 5.26. The maximum Gasteiger partial charge on any atom is 0.336 e. The van der Waals surface area contributed by atoms with Crippen molar-refractivity contribution in [3.05, 3.63) is 89.2 Å². The molecule has 34 heavy (non-hydrogen) atoms. The summed E-state index contributed by atoms with van der Waals surface area (Å²) in [6.45, 7) is 7.74. The van der Waals surface area contributed by atoms with Crippen LogP contribution in [0.2, 0.25) is 0 Å². The van der Waals surface area contributed by atoms with E-state index in [1.54, 1.807) is 30.3 Å². The van der Waals surface area contributed by atoms with Crippen LogP contribution in [0.25, 0.3) is 6.08 Å². The number of nitrogens with zero attached hydrogens (tertiary/aromatic N) is 1. The van der Waals surface area contributed by atoms with E-state index in [0.717, 1.165) is 51.1 Å². The van der Waals surface area contributed by atoms with Crippen LogP contribution >= 0.6 is 0 Å². The number of esters is 1. The van der Waals surface area contributed by atoms with E-state index in [1.165, 1.54) is 5.56 Å². The summed E-state index contributed by atoms with van der Waals surface area (Å²) in [5.41, 5.74) is 3.39. The molecule has 0 unspecified atom stereocenters. The number of morpholine rings is 1. The first-order valence-corrected chi connectivity index (χ1v) is 10.9. The number of methoxy groups -OCH3 is 1. The van der Waals surface area contributed by atoms with Crippen LogP contribution in [-0.2, 0) is 20.8 Å². The molecule has 7 heteroatoms. The number of aliphatic hydroxyl groups excluding tert-OH is 1. The number of carbonyl (C=O) groups is 2. The standard InChI is InChI=1S/C27H28N2O5/c1-20(30)25(27(32)33-2)28-26(31)24-13-11-22(12-14-24)6-4-3-5-21-7-9-23(10-8-21)19-29-15-17-34-18-16-29/h3,5,7-14,25,30H,1,15-19H2,2H3,(H,28,31)/b5-3-/t25-/m0/s1. The summed E-state index contributed by atoms with van der Waals surface area (Å²) >= 11 is 0. The minimum Gasteiger partial charge on any atom is -0.510 e. The highest BCUT2D eigenvalue weighted by molar-refractivity contribution is 5.97. The molecule has 176 valence electrons. The van der Waals surface area contributed by atoms with Gasteiger partial charge in [0.25, 0.3) is 5.91 Å². The van der Waals surface area contributed by atoms with Crippen LogP contribution in [0.4, 0.5) is 0 Å². The van der Waals surface area contributed by atoms with Crippen molar-refractivity contribution < 1.29 is 24.2 Å². The molecular formula is C27H28N2O5. The molecular weight excluding hydrogens is 432 g/mol. The van der Waals surface area contributed by atoms with E-state index in [4.69, 9.17) is 4.74 Å². The Kier molecular flexibility index (Phi) is 9.04. The second kappa shape index (κ2) is 12.4. The highest BCUT2D eigenvalue weighted by Crippen LogP contribution is 2.10. The van der Waals surface area contributed by atoms with Crippen LogP contribution in [0.15, 0.2) is 66.9 Å². The van der Waals surface area contributed by atoms with Crippen LogP contribution < -0.4 is 5.32 Å². The lowest BCUT2D eigenvalue weighted by atomic mass is 10.1. The molecule has 0 aliphatic carbocycles. The normalized spacial score (nSPS) is 14.6. The molecule has 2 N–H and O–H groups in total. The van der Waals surface area contributed by atoms with Crippen molar-refractivity contribution in [1.82, 2.24) is 10.2 Å². The molecule has 1 heterocycles. The van der Waals surface area contributed by atoms with Crippen molar-refractivity contribution in [2.75, 3.05) is 33.4 Å². The van der Waals surface area contributed by atoms with Crippen molar-refractivity contribution >= 4 is 18.0 Å². The predicted molar refractivity (Wildman–Crippen MR) is 130 cm³/mol. The first kappa shape index (κ1) is 24.8. The lowest BCUT2D eigenvalue weighted by Gasteiger charge is -2.26. The second-order valence-corrected chi connectivity index (χ2v) is 7.73. The molecule has 1 atom stereocenters. The minimum absolute atomic E-state index is 0.313. The summed E-state index contributed by atoms with van der Waals surface area (Å²) < 4.78 is 9.93. The van der Waals surface area contributed by atoms with Gasteiger partial charge in [-0.15, -0.1) is 0 Å². The third-order valence-corrected chi connectivity index (χ3v) is 5.26. The van der Waals surface area contributed by atoms with Gasteiger partial charge in [0.15, 0.2) is 6.04 Å². The van der Waals surface area contributed by atoms with Gasteiger partial charge in [-0.2, -0.15) is 0 Å². The van der Waals surface area contributed by atoms with Gasteiger partial charge in [0, 0.05) is 30.8 Å². The molecule has 1 aliphatic heterocycles. The molecule has 1 aliphatic rings. The Balaban J connectivity index is 1.53. The zero-order valence-corrected chi connectivity index (χ0v) is 19.1. The van der Waals surface area contributed by atoms with Gasteiger partial charge in [0.1, 0.15) is 5.76 Å². The zero-order chi connectivity index (χ0) is 24.3. The summed E-state index contributed by atoms with van der Waals surface area (Å²) in [5.74, 6) is 4.17. The van der Waals surface area contributed by atoms with Gasteiger partial charge < -0.3 is 19.9 Å². The molecule has 0 bridgehead atoms. The quantitative estimate of drug-likeness (QED) is 0.375. The number of allylic oxidation sites excluding steroid dienone is 1. The first-order chi connectivity index (χ1) is 16.5. The largest absolute Gasteiger partial charge is 0.510 e. The number of benzene rings is 2. The Hall–Kier alpha value is -3.86. The van der Waals surface area contributed by atoms with E-state index in [0.29, 0.717) is 5.56 Å². The summed E-state index contributed by atoms with van der Waals surface area (Å²) in [6, 6.07) is 13.7. The van der Waals surface area contributed by atoms with Crippen molar-refractivity contribution in [3.8, 4) is 11.8 Å². The second-order valence-electron chi connectivity index (χ2n) is 7.73. The molecule has 7 nitrogen and oxygen atoms in total. The Morgan fingerprint density at radius 1 is 1.18 bits per heavy atom. The van der Waals surface area contributed by atoms with Crippen LogP contribution in [-0.4, -0.2) is 61.3 Å². The highest BCUT2D eigenvalue weighted by atomic mass is 16.5. The summed E-state index contributed by atoms with van der Waals surface area (Å²) in [5, 5.41) is 11.9. The molecule has 3 rings (SSSR count). The van der Waals surface area contributed by atoms with E-state index in [1.807, 2.05) is 6.08 Å². The Morgan fingerprint density at radius 2 is 1.85 bits per heavy atom. The SMILES string of the molecule is C=C(O)[C@H](NC(=O)c1ccc(C#C/C=C\c2ccc(CN3CCOCC3)cc2)cc1)C(=O)OC. The van der Waals surface area contributed by atoms with Crippen molar-refractivity contribution in [3.63, 3.8) is 0 Å². The van der Waals surface area contributed by atoms with E-state index < -0.39 is 23.7 Å². The number of rotatable bonds is 7. The van der Waals surface area contributed by atoms with Gasteiger partial charge >= 0.3 is 5.97 Å². The van der Waals surface area contributed by atoms with Crippen LogP contribution in [0.3, 0.4) is 0 Å². The van der Waals surface area contributed by atoms with Gasteiger partial charge in [-0.1, -0.05) is 42.7 Å². The van der Waals surface area contributed by atoms with Crippen LogP contribution in [0.1, 0.15) is 27.0 Å². The maximum absolute atomic E-state index is 12.3. The minimum atomic E-state index is -1.32. The lowest BCUT2D eigenvalue weighted by Crippen LogP contribution is -2.42. The molecule has 1 saturated heterocycles. The van der Waals surface area contributed by atoms with E-state index in [9.17, 15) is 14.7 Å². The third kappa shape index (κ3) is 7.34. The fraction of sp³-hybridized carbons (Fsp3) is 0.259. The van der Waals surface area contributed by atoms with Gasteiger partial charge in [0.05, 0.1) is 20.3 Å². The molecule has 1 fully saturated rings. The summed E-state index contributed by atoms with van der Waals surface area (Å²) in [4.78, 5) is 26.3. The molecule has 0 spiro atoms.